The molecule has 0 amide bonds. The standard InChI is InChI=1S/C24H40O4/c1-14(4-9-22(27)28)18-7-8-19-17-6-5-15-12-16(25)10-11-23(15,2)20(17)13-21(26)24(18,19)3/h14-21,25-26H,4-13H2,1-3H3,(H,27,28)/t14?,15-,16+,17+,18-,19+,20+,21+,23+,24-/m1/s1. The second-order valence-corrected chi connectivity index (χ2v) is 11.3. The van der Waals surface area contributed by atoms with Gasteiger partial charge in [-0.25, -0.2) is 0 Å². The van der Waals surface area contributed by atoms with Crippen LogP contribution in [0.15, 0.2) is 0 Å². The van der Waals surface area contributed by atoms with Gasteiger partial charge in [0.1, 0.15) is 0 Å². The molecular formula is C24H40O4. The van der Waals surface area contributed by atoms with Gasteiger partial charge in [-0.15, -0.1) is 0 Å². The van der Waals surface area contributed by atoms with Crippen LogP contribution >= 0.6 is 0 Å². The van der Waals surface area contributed by atoms with Crippen molar-refractivity contribution in [1.29, 1.82) is 0 Å². The first-order valence-corrected chi connectivity index (χ1v) is 11.8. The van der Waals surface area contributed by atoms with Crippen LogP contribution in [-0.4, -0.2) is 33.5 Å². The van der Waals surface area contributed by atoms with E-state index in [9.17, 15) is 15.0 Å². The number of carboxylic acids is 1. The Morgan fingerprint density at radius 3 is 2.50 bits per heavy atom. The van der Waals surface area contributed by atoms with Crippen molar-refractivity contribution in [2.75, 3.05) is 0 Å². The summed E-state index contributed by atoms with van der Waals surface area (Å²) >= 11 is 0. The Morgan fingerprint density at radius 2 is 1.79 bits per heavy atom. The average molecular weight is 393 g/mol. The summed E-state index contributed by atoms with van der Waals surface area (Å²) < 4.78 is 0. The minimum absolute atomic E-state index is 0.0591. The number of carbonyl (C=O) groups is 1. The molecule has 3 N–H and O–H groups in total. The molecule has 0 saturated heterocycles. The summed E-state index contributed by atoms with van der Waals surface area (Å²) in [6, 6.07) is 0. The molecule has 0 heterocycles. The van der Waals surface area contributed by atoms with Gasteiger partial charge in [-0.05, 0) is 104 Å². The third-order valence-electron chi connectivity index (χ3n) is 10.3. The van der Waals surface area contributed by atoms with E-state index in [4.69, 9.17) is 5.11 Å². The van der Waals surface area contributed by atoms with Crippen molar-refractivity contribution >= 4 is 5.97 Å². The lowest BCUT2D eigenvalue weighted by Crippen LogP contribution is -2.58. The van der Waals surface area contributed by atoms with Gasteiger partial charge >= 0.3 is 5.97 Å². The maximum atomic E-state index is 11.5. The van der Waals surface area contributed by atoms with E-state index in [1.54, 1.807) is 0 Å². The molecule has 4 aliphatic carbocycles. The van der Waals surface area contributed by atoms with Crippen LogP contribution in [0, 0.1) is 46.3 Å². The van der Waals surface area contributed by atoms with Crippen molar-refractivity contribution in [2.45, 2.75) is 97.2 Å². The molecule has 0 aromatic heterocycles. The Labute approximate surface area is 170 Å². The zero-order valence-corrected chi connectivity index (χ0v) is 17.9. The van der Waals surface area contributed by atoms with E-state index in [0.717, 1.165) is 38.5 Å². The van der Waals surface area contributed by atoms with Crippen LogP contribution < -0.4 is 0 Å². The van der Waals surface area contributed by atoms with E-state index in [1.165, 1.54) is 19.3 Å². The lowest BCUT2D eigenvalue weighted by molar-refractivity contribution is -0.175. The Balaban J connectivity index is 1.56. The average Bonchev–Trinajstić information content (AvgIpc) is 3.00. The number of fused-ring (bicyclic) bond motifs is 5. The van der Waals surface area contributed by atoms with E-state index >= 15 is 0 Å². The zero-order valence-electron chi connectivity index (χ0n) is 17.9. The number of carboxylic acid groups (broad SMARTS) is 1. The van der Waals surface area contributed by atoms with E-state index in [0.29, 0.717) is 35.5 Å². The molecule has 4 rings (SSSR count). The van der Waals surface area contributed by atoms with Crippen molar-refractivity contribution in [3.63, 3.8) is 0 Å². The first kappa shape index (κ1) is 20.7. The molecule has 0 aliphatic heterocycles. The summed E-state index contributed by atoms with van der Waals surface area (Å²) in [4.78, 5) is 11.1. The molecule has 4 saturated carbocycles. The fourth-order valence-corrected chi connectivity index (χ4v) is 8.71. The maximum Gasteiger partial charge on any atom is 0.303 e. The van der Waals surface area contributed by atoms with Crippen molar-refractivity contribution in [2.24, 2.45) is 46.3 Å². The normalized spacial score (nSPS) is 51.7. The summed E-state index contributed by atoms with van der Waals surface area (Å²) in [6.45, 7) is 6.99. The quantitative estimate of drug-likeness (QED) is 0.659. The fourth-order valence-electron chi connectivity index (χ4n) is 8.71. The van der Waals surface area contributed by atoms with Crippen LogP contribution in [0.1, 0.15) is 85.0 Å². The van der Waals surface area contributed by atoms with Gasteiger partial charge in [0.05, 0.1) is 12.2 Å². The van der Waals surface area contributed by atoms with Gasteiger partial charge in [0.15, 0.2) is 0 Å². The summed E-state index contributed by atoms with van der Waals surface area (Å²) in [5.41, 5.74) is 0.216. The van der Waals surface area contributed by atoms with Crippen molar-refractivity contribution in [3.05, 3.63) is 0 Å². The van der Waals surface area contributed by atoms with E-state index < -0.39 is 5.97 Å². The van der Waals surface area contributed by atoms with E-state index in [1.807, 2.05) is 0 Å². The number of rotatable bonds is 4. The predicted molar refractivity (Wildman–Crippen MR) is 109 cm³/mol. The van der Waals surface area contributed by atoms with Gasteiger partial charge in [-0.1, -0.05) is 20.8 Å². The van der Waals surface area contributed by atoms with Gasteiger partial charge < -0.3 is 15.3 Å². The van der Waals surface area contributed by atoms with Gasteiger partial charge in [0, 0.05) is 6.42 Å². The fraction of sp³-hybridized carbons (Fsp3) is 0.958. The molecule has 160 valence electrons. The molecular weight excluding hydrogens is 352 g/mol. The highest BCUT2D eigenvalue weighted by Gasteiger charge is 2.63. The lowest BCUT2D eigenvalue weighted by Gasteiger charge is -2.62. The van der Waals surface area contributed by atoms with Crippen LogP contribution in [0.3, 0.4) is 0 Å². The zero-order chi connectivity index (χ0) is 20.3. The third-order valence-corrected chi connectivity index (χ3v) is 10.3. The third kappa shape index (κ3) is 3.05. The Bertz CT molecular complexity index is 605. The molecule has 1 unspecified atom stereocenters. The van der Waals surface area contributed by atoms with Gasteiger partial charge in [-0.2, -0.15) is 0 Å². The molecule has 0 aromatic carbocycles. The van der Waals surface area contributed by atoms with Crippen molar-refractivity contribution < 1.29 is 20.1 Å². The number of aliphatic hydroxyl groups excluding tert-OH is 2. The van der Waals surface area contributed by atoms with Gasteiger partial charge in [0.2, 0.25) is 0 Å². The van der Waals surface area contributed by atoms with Gasteiger partial charge in [0.25, 0.3) is 0 Å². The summed E-state index contributed by atoms with van der Waals surface area (Å²) in [5.74, 6) is 2.55. The molecule has 4 nitrogen and oxygen atoms in total. The predicted octanol–water partition coefficient (Wildman–Crippen LogP) is 4.48. The molecule has 0 aromatic rings. The lowest BCUT2D eigenvalue weighted by atomic mass is 9.43. The molecule has 4 fully saturated rings. The summed E-state index contributed by atoms with van der Waals surface area (Å²) in [5, 5.41) is 30.8. The Kier molecular flexibility index (Phi) is 5.36. The van der Waals surface area contributed by atoms with Crippen LogP contribution in [0.5, 0.6) is 0 Å². The molecule has 28 heavy (non-hydrogen) atoms. The van der Waals surface area contributed by atoms with E-state index in [-0.39, 0.29) is 29.5 Å². The molecule has 0 radical (unpaired) electrons. The smallest absolute Gasteiger partial charge is 0.303 e. The first-order chi connectivity index (χ1) is 13.2. The number of aliphatic carboxylic acids is 1. The second kappa shape index (κ2) is 7.27. The minimum atomic E-state index is -0.707. The molecule has 0 spiro atoms. The van der Waals surface area contributed by atoms with Crippen LogP contribution in [0.25, 0.3) is 0 Å². The van der Waals surface area contributed by atoms with Crippen LogP contribution in [0.4, 0.5) is 0 Å². The highest BCUT2D eigenvalue weighted by Crippen LogP contribution is 2.68. The Hall–Kier alpha value is -0.610. The molecule has 0 bridgehead atoms. The number of hydrogen-bond donors (Lipinski definition) is 3. The summed E-state index contributed by atoms with van der Waals surface area (Å²) in [7, 11) is 0. The van der Waals surface area contributed by atoms with Crippen molar-refractivity contribution in [3.8, 4) is 0 Å². The largest absolute Gasteiger partial charge is 0.481 e. The minimum Gasteiger partial charge on any atom is -0.481 e. The SMILES string of the molecule is CC(CCC(=O)O)[C@H]1CC[C@H]2[C@@H]3CC[C@@H]4C[C@@H](O)CC[C@]4(C)[C@H]3C[C@H](O)[C@]12C. The monoisotopic (exact) mass is 392 g/mol. The maximum absolute atomic E-state index is 11.5. The summed E-state index contributed by atoms with van der Waals surface area (Å²) in [6.07, 6.45) is 9.26. The number of aliphatic hydroxyl groups is 2. The van der Waals surface area contributed by atoms with Crippen LogP contribution in [-0.2, 0) is 4.79 Å². The highest BCUT2D eigenvalue weighted by atomic mass is 16.4. The topological polar surface area (TPSA) is 77.8 Å². The Morgan fingerprint density at radius 1 is 1.04 bits per heavy atom. The number of hydrogen-bond acceptors (Lipinski definition) is 3. The van der Waals surface area contributed by atoms with Gasteiger partial charge in [-0.3, -0.25) is 4.79 Å². The van der Waals surface area contributed by atoms with E-state index in [2.05, 4.69) is 20.8 Å². The molecule has 4 heteroatoms. The van der Waals surface area contributed by atoms with Crippen LogP contribution in [0.2, 0.25) is 0 Å². The molecule has 4 aliphatic rings. The second-order valence-electron chi connectivity index (χ2n) is 11.3. The highest BCUT2D eigenvalue weighted by molar-refractivity contribution is 5.66. The van der Waals surface area contributed by atoms with Crippen molar-refractivity contribution in [1.82, 2.24) is 0 Å². The first-order valence-electron chi connectivity index (χ1n) is 11.8. The molecule has 10 atom stereocenters.